The fraction of sp³-hybridized carbons (Fsp3) is 0.0714. The van der Waals surface area contributed by atoms with E-state index in [9.17, 15) is 13.6 Å². The summed E-state index contributed by atoms with van der Waals surface area (Å²) in [4.78, 5) is 11.8. The molecule has 2 nitrogen and oxygen atoms in total. The van der Waals surface area contributed by atoms with Gasteiger partial charge < -0.3 is 4.74 Å². The lowest BCUT2D eigenvalue weighted by molar-refractivity contribution is 0.0921. The SMILES string of the molecule is O=C(COc1ccc(F)c(Cl)c1)c1ccc(F)c(Cl)c1. The summed E-state index contributed by atoms with van der Waals surface area (Å²) in [6.45, 7) is -0.288. The zero-order valence-corrected chi connectivity index (χ0v) is 11.5. The molecule has 0 aliphatic heterocycles. The summed E-state index contributed by atoms with van der Waals surface area (Å²) in [7, 11) is 0. The topological polar surface area (TPSA) is 26.3 Å². The summed E-state index contributed by atoms with van der Waals surface area (Å²) in [6, 6.07) is 7.39. The van der Waals surface area contributed by atoms with Gasteiger partial charge in [0.2, 0.25) is 0 Å². The van der Waals surface area contributed by atoms with Crippen LogP contribution in [-0.4, -0.2) is 12.4 Å². The summed E-state index contributed by atoms with van der Waals surface area (Å²) in [6.07, 6.45) is 0. The van der Waals surface area contributed by atoms with Crippen LogP contribution in [-0.2, 0) is 0 Å². The Morgan fingerprint density at radius 2 is 1.60 bits per heavy atom. The van der Waals surface area contributed by atoms with Crippen LogP contribution in [0.3, 0.4) is 0 Å². The molecule has 0 aliphatic carbocycles. The Morgan fingerprint density at radius 1 is 1.00 bits per heavy atom. The third-order valence-corrected chi connectivity index (χ3v) is 3.08. The van der Waals surface area contributed by atoms with Gasteiger partial charge >= 0.3 is 0 Å². The molecule has 0 amide bonds. The Balaban J connectivity index is 2.04. The molecule has 2 aromatic rings. The van der Waals surface area contributed by atoms with Crippen molar-refractivity contribution in [2.75, 3.05) is 6.61 Å². The number of ether oxygens (including phenoxy) is 1. The number of benzene rings is 2. The predicted molar refractivity (Wildman–Crippen MR) is 72.6 cm³/mol. The highest BCUT2D eigenvalue weighted by Crippen LogP contribution is 2.21. The van der Waals surface area contributed by atoms with Crippen molar-refractivity contribution in [2.24, 2.45) is 0 Å². The van der Waals surface area contributed by atoms with Gasteiger partial charge in [-0.25, -0.2) is 8.78 Å². The molecule has 20 heavy (non-hydrogen) atoms. The van der Waals surface area contributed by atoms with Gasteiger partial charge in [-0.1, -0.05) is 23.2 Å². The van der Waals surface area contributed by atoms with Gasteiger partial charge in [0.05, 0.1) is 10.0 Å². The average Bonchev–Trinajstić information content (AvgIpc) is 2.43. The van der Waals surface area contributed by atoms with Crippen molar-refractivity contribution in [3.8, 4) is 5.75 Å². The maximum atomic E-state index is 13.0. The number of ketones is 1. The molecule has 0 atom stereocenters. The smallest absolute Gasteiger partial charge is 0.200 e. The first-order valence-electron chi connectivity index (χ1n) is 5.53. The second-order valence-electron chi connectivity index (χ2n) is 3.92. The minimum absolute atomic E-state index is 0.0974. The summed E-state index contributed by atoms with van der Waals surface area (Å²) < 4.78 is 31.1. The van der Waals surface area contributed by atoms with Gasteiger partial charge in [-0.2, -0.15) is 0 Å². The summed E-state index contributed by atoms with van der Waals surface area (Å²) >= 11 is 11.2. The number of carbonyl (C=O) groups is 1. The molecule has 0 fully saturated rings. The second-order valence-corrected chi connectivity index (χ2v) is 4.73. The molecule has 0 aliphatic rings. The van der Waals surface area contributed by atoms with Crippen LogP contribution in [0.15, 0.2) is 36.4 Å². The molecule has 2 aromatic carbocycles. The Bertz CT molecular complexity index is 660. The standard InChI is InChI=1S/C14H8Cl2F2O2/c15-10-5-8(1-3-12(10)17)14(19)7-20-9-2-4-13(18)11(16)6-9/h1-6H,7H2. The molecule has 0 heterocycles. The Kier molecular flexibility index (Phi) is 4.57. The lowest BCUT2D eigenvalue weighted by atomic mass is 10.1. The van der Waals surface area contributed by atoms with Crippen molar-refractivity contribution in [2.45, 2.75) is 0 Å². The van der Waals surface area contributed by atoms with E-state index in [1.165, 1.54) is 24.3 Å². The molecule has 2 rings (SSSR count). The molecular formula is C14H8Cl2F2O2. The van der Waals surface area contributed by atoms with Crippen LogP contribution in [0.4, 0.5) is 8.78 Å². The van der Waals surface area contributed by atoms with Crippen LogP contribution in [0.2, 0.25) is 10.0 Å². The zero-order valence-electron chi connectivity index (χ0n) is 10.00. The minimum atomic E-state index is -0.602. The van der Waals surface area contributed by atoms with Gasteiger partial charge in [0.25, 0.3) is 0 Å². The molecule has 104 valence electrons. The molecule has 0 bridgehead atoms. The van der Waals surface area contributed by atoms with E-state index in [-0.39, 0.29) is 33.7 Å². The lowest BCUT2D eigenvalue weighted by Crippen LogP contribution is -2.11. The van der Waals surface area contributed by atoms with Gasteiger partial charge in [0.15, 0.2) is 12.4 Å². The Morgan fingerprint density at radius 3 is 2.20 bits per heavy atom. The summed E-state index contributed by atoms with van der Waals surface area (Å²) in [5, 5.41) is -0.236. The second kappa shape index (κ2) is 6.20. The third kappa shape index (κ3) is 3.46. The highest BCUT2D eigenvalue weighted by molar-refractivity contribution is 6.31. The van der Waals surface area contributed by atoms with Crippen LogP contribution in [0, 0.1) is 11.6 Å². The number of halogens is 4. The van der Waals surface area contributed by atoms with Gasteiger partial charge in [-0.3, -0.25) is 4.79 Å². The minimum Gasteiger partial charge on any atom is -0.485 e. The Hall–Kier alpha value is -1.65. The first-order chi connectivity index (χ1) is 9.47. The highest BCUT2D eigenvalue weighted by Gasteiger charge is 2.10. The van der Waals surface area contributed by atoms with Crippen molar-refractivity contribution in [3.63, 3.8) is 0 Å². The van der Waals surface area contributed by atoms with Crippen LogP contribution in [0.1, 0.15) is 10.4 Å². The normalized spacial score (nSPS) is 10.4. The van der Waals surface area contributed by atoms with E-state index >= 15 is 0 Å². The monoisotopic (exact) mass is 316 g/mol. The van der Waals surface area contributed by atoms with Crippen LogP contribution >= 0.6 is 23.2 Å². The predicted octanol–water partition coefficient (Wildman–Crippen LogP) is 4.53. The molecule has 0 radical (unpaired) electrons. The largest absolute Gasteiger partial charge is 0.485 e. The summed E-state index contributed by atoms with van der Waals surface area (Å²) in [5.74, 6) is -1.30. The molecule has 0 aromatic heterocycles. The molecule has 0 saturated carbocycles. The van der Waals surface area contributed by atoms with Crippen LogP contribution < -0.4 is 4.74 Å². The first kappa shape index (κ1) is 14.8. The van der Waals surface area contributed by atoms with Crippen molar-refractivity contribution < 1.29 is 18.3 Å². The quantitative estimate of drug-likeness (QED) is 0.774. The number of hydrogen-bond donors (Lipinski definition) is 0. The number of carbonyl (C=O) groups excluding carboxylic acids is 1. The van der Waals surface area contributed by atoms with Gasteiger partial charge in [0, 0.05) is 11.6 Å². The van der Waals surface area contributed by atoms with Gasteiger partial charge in [-0.15, -0.1) is 0 Å². The van der Waals surface area contributed by atoms with E-state index in [4.69, 9.17) is 27.9 Å². The van der Waals surface area contributed by atoms with E-state index in [1.54, 1.807) is 0 Å². The lowest BCUT2D eigenvalue weighted by Gasteiger charge is -2.06. The van der Waals surface area contributed by atoms with Crippen LogP contribution in [0.5, 0.6) is 5.75 Å². The maximum absolute atomic E-state index is 13.0. The average molecular weight is 317 g/mol. The molecule has 0 saturated heterocycles. The fourth-order valence-corrected chi connectivity index (χ4v) is 1.82. The molecule has 6 heteroatoms. The zero-order chi connectivity index (χ0) is 14.7. The molecule has 0 N–H and O–H groups in total. The fourth-order valence-electron chi connectivity index (χ4n) is 1.47. The number of rotatable bonds is 4. The third-order valence-electron chi connectivity index (χ3n) is 2.50. The Labute approximate surface area is 123 Å². The van der Waals surface area contributed by atoms with Gasteiger partial charge in [-0.05, 0) is 30.3 Å². The van der Waals surface area contributed by atoms with Crippen molar-refractivity contribution in [1.29, 1.82) is 0 Å². The van der Waals surface area contributed by atoms with E-state index in [2.05, 4.69) is 0 Å². The molecular weight excluding hydrogens is 309 g/mol. The van der Waals surface area contributed by atoms with E-state index in [1.807, 2.05) is 0 Å². The summed E-state index contributed by atoms with van der Waals surface area (Å²) in [5.41, 5.74) is 0.226. The number of Topliss-reactive ketones (excluding diaryl/α,β-unsaturated/α-hetero) is 1. The number of hydrogen-bond acceptors (Lipinski definition) is 2. The highest BCUT2D eigenvalue weighted by atomic mass is 35.5. The van der Waals surface area contributed by atoms with E-state index in [0.717, 1.165) is 12.1 Å². The maximum Gasteiger partial charge on any atom is 0.200 e. The van der Waals surface area contributed by atoms with E-state index < -0.39 is 11.6 Å². The van der Waals surface area contributed by atoms with Crippen LogP contribution in [0.25, 0.3) is 0 Å². The van der Waals surface area contributed by atoms with E-state index in [0.29, 0.717) is 0 Å². The first-order valence-corrected chi connectivity index (χ1v) is 6.29. The van der Waals surface area contributed by atoms with Crippen molar-refractivity contribution >= 4 is 29.0 Å². The molecule has 0 spiro atoms. The van der Waals surface area contributed by atoms with Crippen molar-refractivity contribution in [1.82, 2.24) is 0 Å². The molecule has 0 unspecified atom stereocenters. The van der Waals surface area contributed by atoms with Crippen molar-refractivity contribution in [3.05, 3.63) is 63.6 Å². The van der Waals surface area contributed by atoms with Gasteiger partial charge in [0.1, 0.15) is 17.4 Å².